The second-order valence-corrected chi connectivity index (χ2v) is 6.09. The van der Waals surface area contributed by atoms with Crippen LogP contribution in [0.25, 0.3) is 0 Å². The molecular formula is C19H17F3N2O2. The van der Waals surface area contributed by atoms with Crippen molar-refractivity contribution in [2.75, 3.05) is 16.8 Å². The number of nitrogens with one attached hydrogen (secondary N) is 1. The Morgan fingerprint density at radius 2 is 1.88 bits per heavy atom. The van der Waals surface area contributed by atoms with E-state index < -0.39 is 17.6 Å². The molecule has 7 heteroatoms. The van der Waals surface area contributed by atoms with E-state index in [-0.39, 0.29) is 17.9 Å². The molecule has 26 heavy (non-hydrogen) atoms. The molecule has 1 saturated heterocycles. The third-order valence-corrected chi connectivity index (χ3v) is 4.16. The first-order valence-electron chi connectivity index (χ1n) is 8.20. The maximum Gasteiger partial charge on any atom is 0.416 e. The van der Waals surface area contributed by atoms with Crippen molar-refractivity contribution in [1.82, 2.24) is 0 Å². The van der Waals surface area contributed by atoms with E-state index in [1.165, 1.54) is 12.1 Å². The highest BCUT2D eigenvalue weighted by atomic mass is 19.4. The Hall–Kier alpha value is -2.83. The lowest BCUT2D eigenvalue weighted by molar-refractivity contribution is -0.137. The predicted octanol–water partition coefficient (Wildman–Crippen LogP) is 4.01. The van der Waals surface area contributed by atoms with Crippen molar-refractivity contribution in [2.24, 2.45) is 0 Å². The largest absolute Gasteiger partial charge is 0.416 e. The summed E-state index contributed by atoms with van der Waals surface area (Å²) in [5.41, 5.74) is 0.560. The average molecular weight is 362 g/mol. The molecule has 2 amide bonds. The number of benzene rings is 2. The zero-order chi connectivity index (χ0) is 18.7. The SMILES string of the molecule is O=C(Cc1cccc(C(F)(F)F)c1)Nc1ccccc1N1CCCC1=O. The van der Waals surface area contributed by atoms with Crippen molar-refractivity contribution >= 4 is 23.2 Å². The summed E-state index contributed by atoms with van der Waals surface area (Å²) in [5, 5.41) is 2.70. The Balaban J connectivity index is 1.74. The summed E-state index contributed by atoms with van der Waals surface area (Å²) in [7, 11) is 0. The van der Waals surface area contributed by atoms with Crippen LogP contribution in [0.2, 0.25) is 0 Å². The van der Waals surface area contributed by atoms with Gasteiger partial charge in [-0.25, -0.2) is 0 Å². The van der Waals surface area contributed by atoms with Crippen molar-refractivity contribution in [3.63, 3.8) is 0 Å². The summed E-state index contributed by atoms with van der Waals surface area (Å²) < 4.78 is 38.3. The van der Waals surface area contributed by atoms with Gasteiger partial charge in [-0.05, 0) is 30.2 Å². The molecule has 4 nitrogen and oxygen atoms in total. The maximum absolute atomic E-state index is 12.8. The minimum atomic E-state index is -4.45. The van der Waals surface area contributed by atoms with Crippen LogP contribution in [0.3, 0.4) is 0 Å². The summed E-state index contributed by atoms with van der Waals surface area (Å²) in [4.78, 5) is 25.8. The molecule has 0 radical (unpaired) electrons. The van der Waals surface area contributed by atoms with Gasteiger partial charge >= 0.3 is 6.18 Å². The standard InChI is InChI=1S/C19H17F3N2O2/c20-19(21,22)14-6-3-5-13(11-14)12-17(25)23-15-7-1-2-8-16(15)24-10-4-9-18(24)26/h1-3,5-8,11H,4,9-10,12H2,(H,23,25). The zero-order valence-electron chi connectivity index (χ0n) is 13.8. The van der Waals surface area contributed by atoms with Gasteiger partial charge in [-0.3, -0.25) is 9.59 Å². The Morgan fingerprint density at radius 1 is 1.12 bits per heavy atom. The Labute approximate surface area is 148 Å². The Kier molecular flexibility index (Phi) is 4.97. The topological polar surface area (TPSA) is 49.4 Å². The third-order valence-electron chi connectivity index (χ3n) is 4.16. The lowest BCUT2D eigenvalue weighted by atomic mass is 10.1. The first kappa shape index (κ1) is 18.0. The second-order valence-electron chi connectivity index (χ2n) is 6.09. The molecule has 1 aliphatic rings. The molecule has 3 rings (SSSR count). The van der Waals surface area contributed by atoms with Gasteiger partial charge < -0.3 is 10.2 Å². The lowest BCUT2D eigenvalue weighted by Gasteiger charge is -2.20. The molecule has 1 heterocycles. The first-order valence-corrected chi connectivity index (χ1v) is 8.20. The van der Waals surface area contributed by atoms with Crippen molar-refractivity contribution in [3.05, 3.63) is 59.7 Å². The number of carbonyl (C=O) groups excluding carboxylic acids is 2. The smallest absolute Gasteiger partial charge is 0.324 e. The highest BCUT2D eigenvalue weighted by molar-refractivity contribution is 6.02. The molecule has 0 saturated carbocycles. The monoisotopic (exact) mass is 362 g/mol. The number of anilines is 2. The van der Waals surface area contributed by atoms with Crippen LogP contribution in [0.5, 0.6) is 0 Å². The van der Waals surface area contributed by atoms with Crippen LogP contribution >= 0.6 is 0 Å². The number of hydrogen-bond acceptors (Lipinski definition) is 2. The van der Waals surface area contributed by atoms with Crippen LogP contribution in [0.1, 0.15) is 24.0 Å². The van der Waals surface area contributed by atoms with E-state index in [9.17, 15) is 22.8 Å². The van der Waals surface area contributed by atoms with Gasteiger partial charge in [0.1, 0.15) is 0 Å². The minimum Gasteiger partial charge on any atom is -0.324 e. The summed E-state index contributed by atoms with van der Waals surface area (Å²) >= 11 is 0. The second kappa shape index (κ2) is 7.19. The van der Waals surface area contributed by atoms with Gasteiger partial charge in [0, 0.05) is 13.0 Å². The number of carbonyl (C=O) groups is 2. The molecule has 2 aromatic carbocycles. The highest BCUT2D eigenvalue weighted by Crippen LogP contribution is 2.31. The van der Waals surface area contributed by atoms with Crippen LogP contribution in [-0.4, -0.2) is 18.4 Å². The molecule has 1 fully saturated rings. The third kappa shape index (κ3) is 4.04. The van der Waals surface area contributed by atoms with E-state index in [0.717, 1.165) is 18.6 Å². The number of rotatable bonds is 4. The van der Waals surface area contributed by atoms with E-state index in [0.29, 0.717) is 24.3 Å². The molecule has 0 aliphatic carbocycles. The molecule has 0 bridgehead atoms. The average Bonchev–Trinajstić information content (AvgIpc) is 3.00. The predicted molar refractivity (Wildman–Crippen MR) is 91.8 cm³/mol. The van der Waals surface area contributed by atoms with E-state index in [2.05, 4.69) is 5.32 Å². The number of alkyl halides is 3. The zero-order valence-corrected chi connectivity index (χ0v) is 13.8. The fraction of sp³-hybridized carbons (Fsp3) is 0.263. The van der Waals surface area contributed by atoms with Gasteiger partial charge in [-0.1, -0.05) is 30.3 Å². The van der Waals surface area contributed by atoms with Crippen molar-refractivity contribution in [1.29, 1.82) is 0 Å². The van der Waals surface area contributed by atoms with Gasteiger partial charge in [0.2, 0.25) is 11.8 Å². The molecule has 1 N–H and O–H groups in total. The number of amides is 2. The lowest BCUT2D eigenvalue weighted by Crippen LogP contribution is -2.26. The van der Waals surface area contributed by atoms with Crippen molar-refractivity contribution in [3.8, 4) is 0 Å². The number of halogens is 3. The fourth-order valence-corrected chi connectivity index (χ4v) is 2.95. The van der Waals surface area contributed by atoms with Gasteiger partial charge in [-0.15, -0.1) is 0 Å². The van der Waals surface area contributed by atoms with Gasteiger partial charge in [0.25, 0.3) is 0 Å². The number of para-hydroxylation sites is 2. The van der Waals surface area contributed by atoms with Crippen LogP contribution in [0.4, 0.5) is 24.5 Å². The van der Waals surface area contributed by atoms with Crippen LogP contribution < -0.4 is 10.2 Å². The normalized spacial score (nSPS) is 14.6. The van der Waals surface area contributed by atoms with Crippen molar-refractivity contribution in [2.45, 2.75) is 25.4 Å². The minimum absolute atomic E-state index is 0.00965. The van der Waals surface area contributed by atoms with E-state index in [1.807, 2.05) is 0 Å². The van der Waals surface area contributed by atoms with E-state index in [1.54, 1.807) is 29.2 Å². The molecule has 0 atom stereocenters. The van der Waals surface area contributed by atoms with Crippen LogP contribution in [0.15, 0.2) is 48.5 Å². The molecule has 0 spiro atoms. The van der Waals surface area contributed by atoms with Crippen molar-refractivity contribution < 1.29 is 22.8 Å². The quantitative estimate of drug-likeness (QED) is 0.893. The Morgan fingerprint density at radius 3 is 2.58 bits per heavy atom. The van der Waals surface area contributed by atoms with Gasteiger partial charge in [0.05, 0.1) is 23.4 Å². The van der Waals surface area contributed by atoms with Gasteiger partial charge in [0.15, 0.2) is 0 Å². The molecule has 136 valence electrons. The Bertz CT molecular complexity index is 834. The summed E-state index contributed by atoms with van der Waals surface area (Å²) in [6.45, 7) is 0.583. The summed E-state index contributed by atoms with van der Waals surface area (Å²) in [6.07, 6.45) is -3.42. The van der Waals surface area contributed by atoms with Gasteiger partial charge in [-0.2, -0.15) is 13.2 Å². The summed E-state index contributed by atoms with van der Waals surface area (Å²) in [5.74, 6) is -0.451. The summed E-state index contributed by atoms with van der Waals surface area (Å²) in [6, 6.07) is 11.6. The highest BCUT2D eigenvalue weighted by Gasteiger charge is 2.30. The fourth-order valence-electron chi connectivity index (χ4n) is 2.95. The van der Waals surface area contributed by atoms with Crippen LogP contribution in [0, 0.1) is 0 Å². The van der Waals surface area contributed by atoms with E-state index in [4.69, 9.17) is 0 Å². The molecule has 0 aromatic heterocycles. The first-order chi connectivity index (χ1) is 12.3. The number of hydrogen-bond donors (Lipinski definition) is 1. The molecule has 1 aliphatic heterocycles. The molecular weight excluding hydrogens is 345 g/mol. The maximum atomic E-state index is 12.8. The van der Waals surface area contributed by atoms with Crippen LogP contribution in [-0.2, 0) is 22.2 Å². The number of nitrogens with zero attached hydrogens (tertiary/aromatic N) is 1. The molecule has 0 unspecified atom stereocenters. The molecule has 2 aromatic rings. The van der Waals surface area contributed by atoms with E-state index >= 15 is 0 Å².